The Bertz CT molecular complexity index is 614. The van der Waals surface area contributed by atoms with Crippen LogP contribution in [0.5, 0.6) is 11.6 Å². The van der Waals surface area contributed by atoms with Gasteiger partial charge in [-0.2, -0.15) is 0 Å². The van der Waals surface area contributed by atoms with E-state index in [1.54, 1.807) is 6.07 Å². The molecule has 2 aromatic rings. The molecule has 4 heteroatoms. The summed E-state index contributed by atoms with van der Waals surface area (Å²) in [6.45, 7) is 7.81. The molecule has 0 aliphatic carbocycles. The lowest BCUT2D eigenvalue weighted by atomic mass is 10.1. The van der Waals surface area contributed by atoms with Crippen molar-refractivity contribution in [3.8, 4) is 11.6 Å². The zero-order valence-electron chi connectivity index (χ0n) is 12.7. The molecule has 0 saturated carbocycles. The van der Waals surface area contributed by atoms with Gasteiger partial charge in [0.1, 0.15) is 5.75 Å². The zero-order chi connectivity index (χ0) is 15.2. The number of ether oxygens (including phenoxy) is 1. The fourth-order valence-corrected chi connectivity index (χ4v) is 2.23. The van der Waals surface area contributed by atoms with Crippen LogP contribution in [0.15, 0.2) is 30.3 Å². The summed E-state index contributed by atoms with van der Waals surface area (Å²) in [5.41, 5.74) is 3.12. The first kappa shape index (κ1) is 15.8. The fourth-order valence-electron chi connectivity index (χ4n) is 2.06. The molecule has 0 spiro atoms. The van der Waals surface area contributed by atoms with Crippen LogP contribution in [0, 0.1) is 13.8 Å². The molecule has 0 unspecified atom stereocenters. The Morgan fingerprint density at radius 3 is 2.71 bits per heavy atom. The molecule has 0 bridgehead atoms. The Morgan fingerprint density at radius 1 is 1.19 bits per heavy atom. The lowest BCUT2D eigenvalue weighted by Gasteiger charge is -2.11. The predicted octanol–water partition coefficient (Wildman–Crippen LogP) is 4.64. The van der Waals surface area contributed by atoms with E-state index in [1.165, 1.54) is 5.56 Å². The minimum atomic E-state index is 0.569. The fraction of sp³-hybridized carbons (Fsp3) is 0.353. The lowest BCUT2D eigenvalue weighted by molar-refractivity contribution is 0.456. The van der Waals surface area contributed by atoms with Gasteiger partial charge in [-0.1, -0.05) is 36.2 Å². The van der Waals surface area contributed by atoms with Crippen LogP contribution in [0.2, 0.25) is 5.02 Å². The van der Waals surface area contributed by atoms with E-state index < -0.39 is 0 Å². The van der Waals surface area contributed by atoms with Gasteiger partial charge in [-0.15, -0.1) is 0 Å². The van der Waals surface area contributed by atoms with E-state index in [-0.39, 0.29) is 0 Å². The van der Waals surface area contributed by atoms with Gasteiger partial charge in [0.05, 0.1) is 10.7 Å². The van der Waals surface area contributed by atoms with Crippen molar-refractivity contribution in [1.82, 2.24) is 10.3 Å². The summed E-state index contributed by atoms with van der Waals surface area (Å²) < 4.78 is 5.87. The highest BCUT2D eigenvalue weighted by Crippen LogP contribution is 2.26. The predicted molar refractivity (Wildman–Crippen MR) is 87.2 cm³/mol. The van der Waals surface area contributed by atoms with Crippen LogP contribution in [0.25, 0.3) is 0 Å². The van der Waals surface area contributed by atoms with Crippen LogP contribution in [0.3, 0.4) is 0 Å². The van der Waals surface area contributed by atoms with Gasteiger partial charge >= 0.3 is 0 Å². The molecule has 0 atom stereocenters. The van der Waals surface area contributed by atoms with Crippen LogP contribution < -0.4 is 10.1 Å². The summed E-state index contributed by atoms with van der Waals surface area (Å²) in [7, 11) is 0. The standard InChI is InChI=1S/C17H21ClN2O/c1-4-9-19-11-15-14(18)6-8-17(20-15)21-16-7-5-12(2)10-13(16)3/h5-8,10,19H,4,9,11H2,1-3H3. The molecule has 1 aromatic carbocycles. The second-order valence-electron chi connectivity index (χ2n) is 5.13. The number of hydrogen-bond acceptors (Lipinski definition) is 3. The molecular weight excluding hydrogens is 284 g/mol. The third-order valence-electron chi connectivity index (χ3n) is 3.16. The van der Waals surface area contributed by atoms with E-state index in [0.717, 1.165) is 30.0 Å². The summed E-state index contributed by atoms with van der Waals surface area (Å²) in [6, 6.07) is 9.72. The maximum atomic E-state index is 6.17. The summed E-state index contributed by atoms with van der Waals surface area (Å²) in [4.78, 5) is 4.49. The lowest BCUT2D eigenvalue weighted by Crippen LogP contribution is -2.15. The van der Waals surface area contributed by atoms with Crippen molar-refractivity contribution >= 4 is 11.6 Å². The molecule has 1 heterocycles. The molecule has 112 valence electrons. The number of rotatable bonds is 6. The van der Waals surface area contributed by atoms with E-state index in [0.29, 0.717) is 17.4 Å². The molecule has 21 heavy (non-hydrogen) atoms. The molecule has 1 N–H and O–H groups in total. The first-order valence-corrected chi connectivity index (χ1v) is 7.59. The summed E-state index contributed by atoms with van der Waals surface area (Å²) >= 11 is 6.17. The van der Waals surface area contributed by atoms with Gasteiger partial charge in [-0.05, 0) is 44.5 Å². The number of halogens is 1. The number of benzene rings is 1. The Labute approximate surface area is 131 Å². The monoisotopic (exact) mass is 304 g/mol. The number of nitrogens with zero attached hydrogens (tertiary/aromatic N) is 1. The molecular formula is C17H21ClN2O. The third-order valence-corrected chi connectivity index (χ3v) is 3.50. The quantitative estimate of drug-likeness (QED) is 0.789. The normalized spacial score (nSPS) is 10.7. The van der Waals surface area contributed by atoms with Crippen molar-refractivity contribution in [3.63, 3.8) is 0 Å². The van der Waals surface area contributed by atoms with E-state index in [4.69, 9.17) is 16.3 Å². The third kappa shape index (κ3) is 4.45. The molecule has 1 aromatic heterocycles. The topological polar surface area (TPSA) is 34.2 Å². The molecule has 0 aliphatic rings. The summed E-state index contributed by atoms with van der Waals surface area (Å²) in [5, 5.41) is 3.96. The van der Waals surface area contributed by atoms with Crippen LogP contribution in [0.1, 0.15) is 30.2 Å². The van der Waals surface area contributed by atoms with Gasteiger partial charge in [0, 0.05) is 12.6 Å². The second-order valence-corrected chi connectivity index (χ2v) is 5.53. The van der Waals surface area contributed by atoms with Crippen LogP contribution in [-0.4, -0.2) is 11.5 Å². The Kier molecular flexibility index (Phi) is 5.59. The van der Waals surface area contributed by atoms with Crippen LogP contribution >= 0.6 is 11.6 Å². The zero-order valence-corrected chi connectivity index (χ0v) is 13.5. The Hall–Kier alpha value is -1.58. The summed E-state index contributed by atoms with van der Waals surface area (Å²) in [5.74, 6) is 1.39. The van der Waals surface area contributed by atoms with Crippen molar-refractivity contribution in [2.24, 2.45) is 0 Å². The first-order chi connectivity index (χ1) is 10.1. The molecule has 0 radical (unpaired) electrons. The van der Waals surface area contributed by atoms with Crippen LogP contribution in [0.4, 0.5) is 0 Å². The van der Waals surface area contributed by atoms with Crippen molar-refractivity contribution in [1.29, 1.82) is 0 Å². The van der Waals surface area contributed by atoms with Gasteiger partial charge < -0.3 is 10.1 Å². The minimum absolute atomic E-state index is 0.569. The van der Waals surface area contributed by atoms with Gasteiger partial charge in [-0.3, -0.25) is 0 Å². The van der Waals surface area contributed by atoms with Crippen LogP contribution in [-0.2, 0) is 6.54 Å². The maximum Gasteiger partial charge on any atom is 0.219 e. The van der Waals surface area contributed by atoms with Gasteiger partial charge in [-0.25, -0.2) is 4.98 Å². The van der Waals surface area contributed by atoms with Crippen molar-refractivity contribution in [3.05, 3.63) is 52.2 Å². The number of aromatic nitrogens is 1. The molecule has 0 aliphatic heterocycles. The SMILES string of the molecule is CCCNCc1nc(Oc2ccc(C)cc2C)ccc1Cl. The molecule has 0 fully saturated rings. The Balaban J connectivity index is 2.14. The van der Waals surface area contributed by atoms with Gasteiger partial charge in [0.25, 0.3) is 0 Å². The van der Waals surface area contributed by atoms with Gasteiger partial charge in [0.15, 0.2) is 0 Å². The van der Waals surface area contributed by atoms with Crippen molar-refractivity contribution in [2.75, 3.05) is 6.54 Å². The summed E-state index contributed by atoms with van der Waals surface area (Å²) in [6.07, 6.45) is 1.08. The number of aryl methyl sites for hydroxylation is 2. The number of hydrogen-bond donors (Lipinski definition) is 1. The highest BCUT2D eigenvalue weighted by Gasteiger charge is 2.07. The number of nitrogens with one attached hydrogen (secondary N) is 1. The largest absolute Gasteiger partial charge is 0.439 e. The van der Waals surface area contributed by atoms with E-state index in [1.807, 2.05) is 25.1 Å². The first-order valence-electron chi connectivity index (χ1n) is 7.21. The number of pyridine rings is 1. The van der Waals surface area contributed by atoms with Crippen molar-refractivity contribution in [2.45, 2.75) is 33.7 Å². The molecule has 2 rings (SSSR count). The van der Waals surface area contributed by atoms with E-state index >= 15 is 0 Å². The average Bonchev–Trinajstić information content (AvgIpc) is 2.45. The smallest absolute Gasteiger partial charge is 0.219 e. The maximum absolute atomic E-state index is 6.17. The van der Waals surface area contributed by atoms with Gasteiger partial charge in [0.2, 0.25) is 5.88 Å². The second kappa shape index (κ2) is 7.43. The molecule has 0 amide bonds. The minimum Gasteiger partial charge on any atom is -0.439 e. The van der Waals surface area contributed by atoms with Crippen molar-refractivity contribution < 1.29 is 4.74 Å². The highest BCUT2D eigenvalue weighted by atomic mass is 35.5. The van der Waals surface area contributed by atoms with E-state index in [2.05, 4.69) is 30.2 Å². The average molecular weight is 305 g/mol. The Morgan fingerprint density at radius 2 is 2.00 bits per heavy atom. The highest BCUT2D eigenvalue weighted by molar-refractivity contribution is 6.31. The molecule has 0 saturated heterocycles. The van der Waals surface area contributed by atoms with E-state index in [9.17, 15) is 0 Å². The molecule has 3 nitrogen and oxygen atoms in total.